The van der Waals surface area contributed by atoms with Crippen LogP contribution in [-0.4, -0.2) is 38.1 Å². The first-order valence-corrected chi connectivity index (χ1v) is 5.30. The minimum atomic E-state index is 1.14. The molecule has 0 bridgehead atoms. The van der Waals surface area contributed by atoms with Gasteiger partial charge in [-0.15, -0.1) is 0 Å². The van der Waals surface area contributed by atoms with E-state index in [-0.39, 0.29) is 0 Å². The van der Waals surface area contributed by atoms with Gasteiger partial charge in [0.15, 0.2) is 0 Å². The molecular weight excluding hydrogens is 148 g/mol. The molecule has 0 spiro atoms. The molecule has 1 saturated heterocycles. The molecule has 0 saturated carbocycles. The summed E-state index contributed by atoms with van der Waals surface area (Å²) in [6.45, 7) is 5.01. The molecule has 0 unspecified atom stereocenters. The second-order valence-corrected chi connectivity index (χ2v) is 3.71. The van der Waals surface area contributed by atoms with Crippen molar-refractivity contribution in [2.24, 2.45) is 0 Å². The van der Waals surface area contributed by atoms with Gasteiger partial charge >= 0.3 is 0 Å². The van der Waals surface area contributed by atoms with E-state index in [2.05, 4.69) is 10.2 Å². The molecule has 0 atom stereocenters. The molecule has 1 aliphatic rings. The Kier molecular flexibility index (Phi) is 5.37. The number of hydrogen-bond donors (Lipinski definition) is 1. The Morgan fingerprint density at radius 2 is 1.58 bits per heavy atom. The Bertz CT molecular complexity index is 93.3. The highest BCUT2D eigenvalue weighted by Gasteiger charge is 2.06. The van der Waals surface area contributed by atoms with E-state index in [1.54, 1.807) is 0 Å². The monoisotopic (exact) mass is 170 g/mol. The average Bonchev–Trinajstić information content (AvgIpc) is 2.02. The summed E-state index contributed by atoms with van der Waals surface area (Å²) in [6, 6.07) is 0. The number of rotatable bonds is 3. The lowest BCUT2D eigenvalue weighted by molar-refractivity contribution is 0.249. The summed E-state index contributed by atoms with van der Waals surface area (Å²) in [4.78, 5) is 2.59. The van der Waals surface area contributed by atoms with Crippen LogP contribution in [0.1, 0.15) is 32.1 Å². The highest BCUT2D eigenvalue weighted by molar-refractivity contribution is 4.62. The zero-order valence-corrected chi connectivity index (χ0v) is 8.31. The number of likely N-dealkylation sites (N-methyl/N-ethyl adjacent to an activating group) is 1. The molecule has 1 heterocycles. The van der Waals surface area contributed by atoms with Gasteiger partial charge < -0.3 is 10.2 Å². The van der Waals surface area contributed by atoms with Crippen molar-refractivity contribution < 1.29 is 0 Å². The van der Waals surface area contributed by atoms with Crippen molar-refractivity contribution in [3.05, 3.63) is 0 Å². The summed E-state index contributed by atoms with van der Waals surface area (Å²) in [5.41, 5.74) is 0. The van der Waals surface area contributed by atoms with E-state index in [0.717, 1.165) is 6.54 Å². The quantitative estimate of drug-likeness (QED) is 0.690. The van der Waals surface area contributed by atoms with Crippen LogP contribution in [0.25, 0.3) is 0 Å². The van der Waals surface area contributed by atoms with Crippen LogP contribution in [0, 0.1) is 0 Å². The van der Waals surface area contributed by atoms with Gasteiger partial charge in [-0.1, -0.05) is 19.3 Å². The van der Waals surface area contributed by atoms with Crippen LogP contribution in [0.15, 0.2) is 0 Å². The molecule has 0 aromatic carbocycles. The molecule has 1 fully saturated rings. The van der Waals surface area contributed by atoms with E-state index < -0.39 is 0 Å². The van der Waals surface area contributed by atoms with Gasteiger partial charge in [0.05, 0.1) is 0 Å². The van der Waals surface area contributed by atoms with Gasteiger partial charge in [0.1, 0.15) is 0 Å². The molecule has 0 radical (unpaired) electrons. The van der Waals surface area contributed by atoms with Gasteiger partial charge in [-0.2, -0.15) is 0 Å². The van der Waals surface area contributed by atoms with Crippen molar-refractivity contribution in [2.45, 2.75) is 32.1 Å². The molecule has 12 heavy (non-hydrogen) atoms. The molecule has 1 aliphatic heterocycles. The Labute approximate surface area is 76.3 Å². The third-order valence-electron chi connectivity index (χ3n) is 2.63. The first-order valence-electron chi connectivity index (χ1n) is 5.30. The molecule has 2 heteroatoms. The average molecular weight is 170 g/mol. The van der Waals surface area contributed by atoms with Gasteiger partial charge in [-0.25, -0.2) is 0 Å². The van der Waals surface area contributed by atoms with Crippen LogP contribution < -0.4 is 5.32 Å². The lowest BCUT2D eigenvalue weighted by Crippen LogP contribution is -2.33. The van der Waals surface area contributed by atoms with E-state index in [0.29, 0.717) is 0 Å². The van der Waals surface area contributed by atoms with Crippen molar-refractivity contribution in [3.63, 3.8) is 0 Å². The molecule has 0 amide bonds. The molecule has 0 aliphatic carbocycles. The van der Waals surface area contributed by atoms with Crippen LogP contribution in [0.5, 0.6) is 0 Å². The van der Waals surface area contributed by atoms with Crippen molar-refractivity contribution in [2.75, 3.05) is 33.2 Å². The predicted octanol–water partition coefficient (Wildman–Crippen LogP) is 1.47. The van der Waals surface area contributed by atoms with E-state index in [4.69, 9.17) is 0 Å². The maximum Gasteiger partial charge on any atom is 0.0107 e. The van der Waals surface area contributed by atoms with Crippen LogP contribution in [0.4, 0.5) is 0 Å². The highest BCUT2D eigenvalue weighted by atomic mass is 15.1. The standard InChI is InChI=1S/C10H22N2/c1-11-7-10-12-8-5-3-2-4-6-9-12/h11H,2-10H2,1H3. The predicted molar refractivity (Wildman–Crippen MR) is 53.5 cm³/mol. The van der Waals surface area contributed by atoms with Crippen molar-refractivity contribution in [1.29, 1.82) is 0 Å². The third kappa shape index (κ3) is 4.07. The molecule has 0 aromatic heterocycles. The van der Waals surface area contributed by atoms with Crippen LogP contribution in [0.3, 0.4) is 0 Å². The molecule has 1 rings (SSSR count). The summed E-state index contributed by atoms with van der Waals surface area (Å²) in [6.07, 6.45) is 7.15. The largest absolute Gasteiger partial charge is 0.318 e. The fourth-order valence-electron chi connectivity index (χ4n) is 1.81. The smallest absolute Gasteiger partial charge is 0.0107 e. The Morgan fingerprint density at radius 1 is 1.00 bits per heavy atom. The zero-order chi connectivity index (χ0) is 8.65. The summed E-state index contributed by atoms with van der Waals surface area (Å²) >= 11 is 0. The van der Waals surface area contributed by atoms with Gasteiger partial charge in [-0.3, -0.25) is 0 Å². The first kappa shape index (κ1) is 10.0. The Morgan fingerprint density at radius 3 is 2.17 bits per heavy atom. The number of nitrogens with zero attached hydrogens (tertiary/aromatic N) is 1. The Hall–Kier alpha value is -0.0800. The summed E-state index contributed by atoms with van der Waals surface area (Å²) in [7, 11) is 2.03. The van der Waals surface area contributed by atoms with Crippen LogP contribution in [0.2, 0.25) is 0 Å². The maximum absolute atomic E-state index is 3.21. The normalized spacial score (nSPS) is 21.8. The Balaban J connectivity index is 2.11. The third-order valence-corrected chi connectivity index (χ3v) is 2.63. The van der Waals surface area contributed by atoms with Crippen molar-refractivity contribution in [1.82, 2.24) is 10.2 Å². The van der Waals surface area contributed by atoms with Gasteiger partial charge in [0, 0.05) is 13.1 Å². The maximum atomic E-state index is 3.21. The fourth-order valence-corrected chi connectivity index (χ4v) is 1.81. The minimum Gasteiger partial charge on any atom is -0.318 e. The molecular formula is C10H22N2. The molecule has 72 valence electrons. The molecule has 1 N–H and O–H groups in total. The lowest BCUT2D eigenvalue weighted by Gasteiger charge is -2.24. The molecule has 2 nitrogen and oxygen atoms in total. The number of hydrogen-bond acceptors (Lipinski definition) is 2. The van der Waals surface area contributed by atoms with Crippen LogP contribution >= 0.6 is 0 Å². The van der Waals surface area contributed by atoms with E-state index in [9.17, 15) is 0 Å². The number of likely N-dealkylation sites (tertiary alicyclic amines) is 1. The van der Waals surface area contributed by atoms with Crippen molar-refractivity contribution in [3.8, 4) is 0 Å². The second-order valence-electron chi connectivity index (χ2n) is 3.71. The number of nitrogens with one attached hydrogen (secondary N) is 1. The van der Waals surface area contributed by atoms with Crippen molar-refractivity contribution >= 4 is 0 Å². The van der Waals surface area contributed by atoms with Gasteiger partial charge in [0.2, 0.25) is 0 Å². The van der Waals surface area contributed by atoms with E-state index in [1.807, 2.05) is 7.05 Å². The zero-order valence-electron chi connectivity index (χ0n) is 8.31. The summed E-state index contributed by atoms with van der Waals surface area (Å²) < 4.78 is 0. The fraction of sp³-hybridized carbons (Fsp3) is 1.00. The van der Waals surface area contributed by atoms with Gasteiger partial charge in [-0.05, 0) is 33.0 Å². The topological polar surface area (TPSA) is 15.3 Å². The van der Waals surface area contributed by atoms with E-state index in [1.165, 1.54) is 51.7 Å². The first-order chi connectivity index (χ1) is 5.93. The minimum absolute atomic E-state index is 1.14. The summed E-state index contributed by atoms with van der Waals surface area (Å²) in [5, 5.41) is 3.21. The van der Waals surface area contributed by atoms with E-state index >= 15 is 0 Å². The van der Waals surface area contributed by atoms with Gasteiger partial charge in [0.25, 0.3) is 0 Å². The summed E-state index contributed by atoms with van der Waals surface area (Å²) in [5.74, 6) is 0. The highest BCUT2D eigenvalue weighted by Crippen LogP contribution is 2.09. The van der Waals surface area contributed by atoms with Crippen LogP contribution in [-0.2, 0) is 0 Å². The SMILES string of the molecule is CNCCN1CCCCCCC1. The second kappa shape index (κ2) is 6.44. The molecule has 0 aromatic rings. The lowest BCUT2D eigenvalue weighted by atomic mass is 10.1.